The molecule has 0 aliphatic carbocycles. The van der Waals surface area contributed by atoms with Crippen LogP contribution in [0.3, 0.4) is 0 Å². The Morgan fingerprint density at radius 2 is 2.10 bits per heavy atom. The molecule has 0 amide bonds. The Morgan fingerprint density at radius 3 is 2.40 bits per heavy atom. The molecule has 0 aliphatic heterocycles. The molecule has 0 fully saturated rings. The lowest BCUT2D eigenvalue weighted by molar-refractivity contribution is 0.646. The molecule has 0 atom stereocenters. The maximum Gasteiger partial charge on any atom is 0.141 e. The van der Waals surface area contributed by atoms with Crippen LogP contribution in [-0.4, -0.2) is 0 Å². The number of hydrogen-bond acceptors (Lipinski definition) is 1. The number of rotatable bonds is 2. The van der Waals surface area contributed by atoms with Gasteiger partial charge in [0.25, 0.3) is 0 Å². The van der Waals surface area contributed by atoms with E-state index in [9.17, 15) is 4.39 Å². The van der Waals surface area contributed by atoms with Crippen LogP contribution in [0.4, 0.5) is 4.39 Å². The van der Waals surface area contributed by atoms with Crippen molar-refractivity contribution in [3.8, 4) is 0 Å². The zero-order valence-electron chi connectivity index (χ0n) is 6.32. The molecule has 2 heteroatoms. The van der Waals surface area contributed by atoms with Gasteiger partial charge in [0, 0.05) is 0 Å². The highest BCUT2D eigenvalue weighted by molar-refractivity contribution is 5.28. The Hall–Kier alpha value is -1.05. The van der Waals surface area contributed by atoms with Crippen LogP contribution in [0.5, 0.6) is 0 Å². The lowest BCUT2D eigenvalue weighted by Gasteiger charge is -1.95. The van der Waals surface area contributed by atoms with E-state index < -0.39 is 5.83 Å². The van der Waals surface area contributed by atoms with E-state index in [1.54, 1.807) is 13.8 Å². The highest BCUT2D eigenvalue weighted by Gasteiger charge is 1.94. The summed E-state index contributed by atoms with van der Waals surface area (Å²) in [5, 5.41) is 0. The number of nitrogens with two attached hydrogens (primary N) is 1. The summed E-state index contributed by atoms with van der Waals surface area (Å²) in [6, 6.07) is 0. The van der Waals surface area contributed by atoms with Gasteiger partial charge < -0.3 is 5.73 Å². The van der Waals surface area contributed by atoms with Crippen LogP contribution in [0, 0.1) is 0 Å². The lowest BCUT2D eigenvalue weighted by atomic mass is 10.2. The van der Waals surface area contributed by atoms with Crippen molar-refractivity contribution in [3.63, 3.8) is 0 Å². The van der Waals surface area contributed by atoms with Gasteiger partial charge in [-0.15, -0.1) is 0 Å². The third-order valence-corrected chi connectivity index (χ3v) is 0.931. The van der Waals surface area contributed by atoms with Crippen LogP contribution < -0.4 is 5.73 Å². The van der Waals surface area contributed by atoms with Gasteiger partial charge in [0.2, 0.25) is 0 Å². The molecule has 0 aromatic rings. The summed E-state index contributed by atoms with van der Waals surface area (Å²) in [6.07, 6.45) is 2.81. The number of halogens is 1. The molecule has 0 saturated heterocycles. The smallest absolute Gasteiger partial charge is 0.141 e. The predicted octanol–water partition coefficient (Wildman–Crippen LogP) is 2.28. The van der Waals surface area contributed by atoms with E-state index in [4.69, 9.17) is 5.73 Å². The lowest BCUT2D eigenvalue weighted by Crippen LogP contribution is -1.97. The molecule has 56 valence electrons. The molecule has 2 N–H and O–H groups in total. The topological polar surface area (TPSA) is 26.0 Å². The van der Waals surface area contributed by atoms with Crippen molar-refractivity contribution in [2.45, 2.75) is 13.8 Å². The van der Waals surface area contributed by atoms with Gasteiger partial charge in [-0.1, -0.05) is 12.2 Å². The van der Waals surface area contributed by atoms with Gasteiger partial charge in [-0.25, -0.2) is 4.39 Å². The molecule has 0 aliphatic rings. The van der Waals surface area contributed by atoms with Crippen LogP contribution in [0.25, 0.3) is 0 Å². The molecule has 1 nitrogen and oxygen atoms in total. The average molecular weight is 141 g/mol. The van der Waals surface area contributed by atoms with Gasteiger partial charge in [-0.05, 0) is 26.0 Å². The Balaban J connectivity index is 4.35. The number of hydrogen-bond donors (Lipinski definition) is 1. The third-order valence-electron chi connectivity index (χ3n) is 0.931. The first-order valence-corrected chi connectivity index (χ1v) is 3.02. The molecule has 0 aromatic heterocycles. The quantitative estimate of drug-likeness (QED) is 0.586. The minimum Gasteiger partial charge on any atom is -0.396 e. The zero-order chi connectivity index (χ0) is 8.15. The Kier molecular flexibility index (Phi) is 3.47. The Morgan fingerprint density at radius 1 is 1.60 bits per heavy atom. The molecule has 0 bridgehead atoms. The van der Waals surface area contributed by atoms with E-state index in [1.165, 1.54) is 12.2 Å². The largest absolute Gasteiger partial charge is 0.396 e. The molecule has 0 aromatic carbocycles. The second-order valence-electron chi connectivity index (χ2n) is 2.08. The van der Waals surface area contributed by atoms with Crippen molar-refractivity contribution in [1.29, 1.82) is 0 Å². The SMILES string of the molecule is C=C(C)/C=C(N)\C(F)=C/C. The van der Waals surface area contributed by atoms with Crippen LogP contribution in [0.15, 0.2) is 35.8 Å². The van der Waals surface area contributed by atoms with E-state index in [-0.39, 0.29) is 5.70 Å². The van der Waals surface area contributed by atoms with E-state index >= 15 is 0 Å². The van der Waals surface area contributed by atoms with Crippen molar-refractivity contribution in [1.82, 2.24) is 0 Å². The molecule has 0 heterocycles. The fourth-order valence-corrected chi connectivity index (χ4v) is 0.501. The summed E-state index contributed by atoms with van der Waals surface area (Å²) in [7, 11) is 0. The molecule has 0 unspecified atom stereocenters. The minimum atomic E-state index is -0.400. The monoisotopic (exact) mass is 141 g/mol. The Labute approximate surface area is 60.7 Å². The highest BCUT2D eigenvalue weighted by Crippen LogP contribution is 2.06. The van der Waals surface area contributed by atoms with E-state index in [0.29, 0.717) is 0 Å². The van der Waals surface area contributed by atoms with Crippen molar-refractivity contribution in [2.24, 2.45) is 5.73 Å². The summed E-state index contributed by atoms with van der Waals surface area (Å²) in [5.74, 6) is -0.400. The maximum atomic E-state index is 12.5. The van der Waals surface area contributed by atoms with Gasteiger partial charge in [0.1, 0.15) is 5.83 Å². The summed E-state index contributed by atoms with van der Waals surface area (Å²) < 4.78 is 12.5. The number of allylic oxidation sites excluding steroid dienone is 4. The normalized spacial score (nSPS) is 13.5. The molecular formula is C8H12FN. The zero-order valence-corrected chi connectivity index (χ0v) is 6.32. The third kappa shape index (κ3) is 3.07. The molecular weight excluding hydrogens is 129 g/mol. The fraction of sp³-hybridized carbons (Fsp3) is 0.250. The molecule has 0 rings (SSSR count). The van der Waals surface area contributed by atoms with Crippen LogP contribution in [0.2, 0.25) is 0 Å². The fourth-order valence-electron chi connectivity index (χ4n) is 0.501. The summed E-state index contributed by atoms with van der Waals surface area (Å²) in [4.78, 5) is 0. The van der Waals surface area contributed by atoms with E-state index in [1.807, 2.05) is 0 Å². The van der Waals surface area contributed by atoms with Crippen LogP contribution >= 0.6 is 0 Å². The summed E-state index contributed by atoms with van der Waals surface area (Å²) in [5.41, 5.74) is 6.16. The maximum absolute atomic E-state index is 12.5. The second kappa shape index (κ2) is 3.88. The van der Waals surface area contributed by atoms with E-state index in [0.717, 1.165) is 5.57 Å². The first-order valence-electron chi connectivity index (χ1n) is 3.02. The van der Waals surface area contributed by atoms with Gasteiger partial charge in [-0.3, -0.25) is 0 Å². The first kappa shape index (κ1) is 8.95. The van der Waals surface area contributed by atoms with Crippen molar-refractivity contribution in [2.75, 3.05) is 0 Å². The molecule has 0 saturated carbocycles. The summed E-state index contributed by atoms with van der Waals surface area (Å²) >= 11 is 0. The van der Waals surface area contributed by atoms with Crippen LogP contribution in [-0.2, 0) is 0 Å². The van der Waals surface area contributed by atoms with Crippen molar-refractivity contribution < 1.29 is 4.39 Å². The predicted molar refractivity (Wildman–Crippen MR) is 41.9 cm³/mol. The van der Waals surface area contributed by atoms with E-state index in [2.05, 4.69) is 6.58 Å². The molecule has 10 heavy (non-hydrogen) atoms. The van der Waals surface area contributed by atoms with Gasteiger partial charge >= 0.3 is 0 Å². The van der Waals surface area contributed by atoms with Crippen molar-refractivity contribution in [3.05, 3.63) is 35.8 Å². The molecule has 0 spiro atoms. The standard InChI is InChI=1S/C8H12FN/c1-4-7(9)8(10)5-6(2)3/h4-5H,2,10H2,1,3H3/b7-4+,8-5+. The van der Waals surface area contributed by atoms with Gasteiger partial charge in [0.15, 0.2) is 0 Å². The average Bonchev–Trinajstić information content (AvgIpc) is 1.85. The minimum absolute atomic E-state index is 0.134. The summed E-state index contributed by atoms with van der Waals surface area (Å²) in [6.45, 7) is 6.91. The van der Waals surface area contributed by atoms with Gasteiger partial charge in [0.05, 0.1) is 5.70 Å². The highest BCUT2D eigenvalue weighted by atomic mass is 19.1. The Bertz CT molecular complexity index is 189. The first-order chi connectivity index (χ1) is 4.57. The van der Waals surface area contributed by atoms with Crippen LogP contribution in [0.1, 0.15) is 13.8 Å². The van der Waals surface area contributed by atoms with Crippen molar-refractivity contribution >= 4 is 0 Å². The molecule has 0 radical (unpaired) electrons. The van der Waals surface area contributed by atoms with Gasteiger partial charge in [-0.2, -0.15) is 0 Å². The second-order valence-corrected chi connectivity index (χ2v) is 2.08.